The van der Waals surface area contributed by atoms with Crippen molar-refractivity contribution < 1.29 is 0 Å². The van der Waals surface area contributed by atoms with Gasteiger partial charge in [-0.1, -0.05) is 13.8 Å². The molecule has 15 heavy (non-hydrogen) atoms. The summed E-state index contributed by atoms with van der Waals surface area (Å²) in [6.45, 7) is 6.31. The summed E-state index contributed by atoms with van der Waals surface area (Å²) in [7, 11) is 0. The molecule has 0 unspecified atom stereocenters. The van der Waals surface area contributed by atoms with E-state index in [1.807, 2.05) is 0 Å². The van der Waals surface area contributed by atoms with Crippen LogP contribution >= 0.6 is 0 Å². The molecule has 0 fully saturated rings. The van der Waals surface area contributed by atoms with Gasteiger partial charge in [0, 0.05) is 18.7 Å². The molecule has 3 nitrogen and oxygen atoms in total. The smallest absolute Gasteiger partial charge is 0.0674 e. The van der Waals surface area contributed by atoms with Gasteiger partial charge in [0.15, 0.2) is 0 Å². The van der Waals surface area contributed by atoms with Crippen molar-refractivity contribution in [2.45, 2.75) is 52.0 Å². The number of hydrogen-bond acceptors (Lipinski definition) is 2. The summed E-state index contributed by atoms with van der Waals surface area (Å²) in [5.41, 5.74) is 9.82. The number of rotatable bonds is 3. The van der Waals surface area contributed by atoms with E-state index in [0.717, 1.165) is 13.0 Å². The SMILES string of the molecule is CC(C)c1c(CCN)nn2c1CCCC2. The lowest BCUT2D eigenvalue weighted by Crippen LogP contribution is -2.12. The number of aromatic nitrogens is 2. The lowest BCUT2D eigenvalue weighted by molar-refractivity contribution is 0.481. The van der Waals surface area contributed by atoms with Crippen LogP contribution in [0, 0.1) is 0 Å². The van der Waals surface area contributed by atoms with E-state index in [9.17, 15) is 0 Å². The lowest BCUT2D eigenvalue weighted by atomic mass is 9.95. The van der Waals surface area contributed by atoms with Gasteiger partial charge in [0.25, 0.3) is 0 Å². The van der Waals surface area contributed by atoms with E-state index >= 15 is 0 Å². The highest BCUT2D eigenvalue weighted by molar-refractivity contribution is 5.30. The van der Waals surface area contributed by atoms with E-state index in [4.69, 9.17) is 10.8 Å². The van der Waals surface area contributed by atoms with E-state index in [2.05, 4.69) is 18.5 Å². The molecular weight excluding hydrogens is 186 g/mol. The van der Waals surface area contributed by atoms with E-state index in [1.165, 1.54) is 36.2 Å². The van der Waals surface area contributed by atoms with Crippen LogP contribution in [0.25, 0.3) is 0 Å². The third-order valence-corrected chi connectivity index (χ3v) is 3.17. The van der Waals surface area contributed by atoms with Gasteiger partial charge in [-0.15, -0.1) is 0 Å². The Balaban J connectivity index is 2.41. The summed E-state index contributed by atoms with van der Waals surface area (Å²) in [6, 6.07) is 0. The van der Waals surface area contributed by atoms with Gasteiger partial charge >= 0.3 is 0 Å². The minimum atomic E-state index is 0.577. The van der Waals surface area contributed by atoms with E-state index in [0.29, 0.717) is 12.5 Å². The van der Waals surface area contributed by atoms with Crippen molar-refractivity contribution in [1.29, 1.82) is 0 Å². The van der Waals surface area contributed by atoms with Crippen LogP contribution in [0.5, 0.6) is 0 Å². The number of nitrogens with zero attached hydrogens (tertiary/aromatic N) is 2. The van der Waals surface area contributed by atoms with Crippen LogP contribution in [0.3, 0.4) is 0 Å². The fourth-order valence-corrected chi connectivity index (χ4v) is 2.56. The van der Waals surface area contributed by atoms with Crippen molar-refractivity contribution in [2.24, 2.45) is 5.73 Å². The van der Waals surface area contributed by atoms with Crippen LogP contribution in [0.15, 0.2) is 0 Å². The van der Waals surface area contributed by atoms with Crippen LogP contribution in [0.2, 0.25) is 0 Å². The Kier molecular flexibility index (Phi) is 3.10. The van der Waals surface area contributed by atoms with Crippen molar-refractivity contribution in [3.05, 3.63) is 17.0 Å². The highest BCUT2D eigenvalue weighted by atomic mass is 15.3. The van der Waals surface area contributed by atoms with Crippen LogP contribution < -0.4 is 5.73 Å². The zero-order valence-corrected chi connectivity index (χ0v) is 9.79. The largest absolute Gasteiger partial charge is 0.330 e. The van der Waals surface area contributed by atoms with Gasteiger partial charge in [-0.05, 0) is 37.3 Å². The summed E-state index contributed by atoms with van der Waals surface area (Å²) >= 11 is 0. The van der Waals surface area contributed by atoms with Gasteiger partial charge in [-0.2, -0.15) is 5.10 Å². The van der Waals surface area contributed by atoms with E-state index in [-0.39, 0.29) is 0 Å². The topological polar surface area (TPSA) is 43.8 Å². The molecule has 1 aromatic heterocycles. The molecular formula is C12H21N3. The van der Waals surface area contributed by atoms with Gasteiger partial charge in [-0.25, -0.2) is 0 Å². The Morgan fingerprint density at radius 3 is 2.87 bits per heavy atom. The third-order valence-electron chi connectivity index (χ3n) is 3.17. The lowest BCUT2D eigenvalue weighted by Gasteiger charge is -2.16. The summed E-state index contributed by atoms with van der Waals surface area (Å²) in [6.07, 6.45) is 4.71. The maximum Gasteiger partial charge on any atom is 0.0674 e. The maximum atomic E-state index is 5.64. The molecule has 3 heteroatoms. The quantitative estimate of drug-likeness (QED) is 0.822. The minimum absolute atomic E-state index is 0.577. The van der Waals surface area contributed by atoms with Gasteiger partial charge < -0.3 is 5.73 Å². The second-order valence-corrected chi connectivity index (χ2v) is 4.68. The van der Waals surface area contributed by atoms with Crippen molar-refractivity contribution >= 4 is 0 Å². The highest BCUT2D eigenvalue weighted by Crippen LogP contribution is 2.28. The molecule has 1 aliphatic heterocycles. The Hall–Kier alpha value is -0.830. The minimum Gasteiger partial charge on any atom is -0.330 e. The number of fused-ring (bicyclic) bond motifs is 1. The second kappa shape index (κ2) is 4.35. The molecule has 2 rings (SSSR count). The van der Waals surface area contributed by atoms with Crippen LogP contribution in [-0.4, -0.2) is 16.3 Å². The zero-order chi connectivity index (χ0) is 10.8. The highest BCUT2D eigenvalue weighted by Gasteiger charge is 2.21. The standard InChI is InChI=1S/C12H21N3/c1-9(2)12-10(6-7-13)14-15-8-4-3-5-11(12)15/h9H,3-8,13H2,1-2H3. The fraction of sp³-hybridized carbons (Fsp3) is 0.750. The fourth-order valence-electron chi connectivity index (χ4n) is 2.56. The molecule has 0 saturated heterocycles. The first kappa shape index (κ1) is 10.7. The molecule has 0 aromatic carbocycles. The normalized spacial score (nSPS) is 15.7. The molecule has 2 heterocycles. The number of nitrogens with two attached hydrogens (primary N) is 1. The molecule has 1 aromatic rings. The summed E-state index contributed by atoms with van der Waals surface area (Å²) in [5.74, 6) is 0.577. The zero-order valence-electron chi connectivity index (χ0n) is 9.79. The predicted molar refractivity (Wildman–Crippen MR) is 62.0 cm³/mol. The molecule has 0 aliphatic carbocycles. The Morgan fingerprint density at radius 2 is 2.20 bits per heavy atom. The average molecular weight is 207 g/mol. The molecule has 84 valence electrons. The number of aryl methyl sites for hydroxylation is 1. The molecule has 0 radical (unpaired) electrons. The molecule has 0 saturated carbocycles. The van der Waals surface area contributed by atoms with Crippen molar-refractivity contribution in [3.63, 3.8) is 0 Å². The maximum absolute atomic E-state index is 5.64. The number of hydrogen-bond donors (Lipinski definition) is 1. The first-order valence-electron chi connectivity index (χ1n) is 6.02. The van der Waals surface area contributed by atoms with Gasteiger partial charge in [0.05, 0.1) is 5.69 Å². The van der Waals surface area contributed by atoms with Gasteiger partial charge in [0.1, 0.15) is 0 Å². The molecule has 2 N–H and O–H groups in total. The second-order valence-electron chi connectivity index (χ2n) is 4.68. The van der Waals surface area contributed by atoms with E-state index < -0.39 is 0 Å². The molecule has 0 atom stereocenters. The van der Waals surface area contributed by atoms with Gasteiger partial charge in [-0.3, -0.25) is 4.68 Å². The third kappa shape index (κ3) is 1.93. The molecule has 0 bridgehead atoms. The summed E-state index contributed by atoms with van der Waals surface area (Å²) < 4.78 is 2.21. The Bertz CT molecular complexity index is 339. The van der Waals surface area contributed by atoms with E-state index in [1.54, 1.807) is 0 Å². The van der Waals surface area contributed by atoms with Gasteiger partial charge in [0.2, 0.25) is 0 Å². The average Bonchev–Trinajstić information content (AvgIpc) is 2.56. The van der Waals surface area contributed by atoms with Crippen LogP contribution in [-0.2, 0) is 19.4 Å². The van der Waals surface area contributed by atoms with Crippen LogP contribution in [0.4, 0.5) is 0 Å². The van der Waals surface area contributed by atoms with Crippen molar-refractivity contribution in [1.82, 2.24) is 9.78 Å². The first-order valence-corrected chi connectivity index (χ1v) is 6.02. The first-order chi connectivity index (χ1) is 7.24. The summed E-state index contributed by atoms with van der Waals surface area (Å²) in [5, 5.41) is 4.70. The van der Waals surface area contributed by atoms with Crippen molar-refractivity contribution in [3.8, 4) is 0 Å². The van der Waals surface area contributed by atoms with Crippen LogP contribution in [0.1, 0.15) is 49.6 Å². The van der Waals surface area contributed by atoms with Crippen molar-refractivity contribution in [2.75, 3.05) is 6.54 Å². The monoisotopic (exact) mass is 207 g/mol. The Labute approximate surface area is 91.7 Å². The molecule has 0 amide bonds. The molecule has 1 aliphatic rings. The Morgan fingerprint density at radius 1 is 1.40 bits per heavy atom. The molecule has 0 spiro atoms. The predicted octanol–water partition coefficient (Wildman–Crippen LogP) is 1.84. The summed E-state index contributed by atoms with van der Waals surface area (Å²) in [4.78, 5) is 0.